The first-order valence-corrected chi connectivity index (χ1v) is 3.99. The van der Waals surface area contributed by atoms with Gasteiger partial charge >= 0.3 is 0 Å². The van der Waals surface area contributed by atoms with Crippen molar-refractivity contribution in [2.75, 3.05) is 0 Å². The molecule has 0 bridgehead atoms. The lowest BCUT2D eigenvalue weighted by Crippen LogP contribution is -1.79. The van der Waals surface area contributed by atoms with Crippen LogP contribution in [0.15, 0.2) is 18.2 Å². The van der Waals surface area contributed by atoms with Crippen molar-refractivity contribution >= 4 is 17.9 Å². The fourth-order valence-corrected chi connectivity index (χ4v) is 0.949. The molecule has 0 heterocycles. The molecule has 0 aliphatic rings. The molecule has 0 N–H and O–H groups in total. The van der Waals surface area contributed by atoms with Crippen LogP contribution in [0.3, 0.4) is 0 Å². The molecule has 0 saturated heterocycles. The molecule has 0 aliphatic heterocycles. The minimum Gasteiger partial charge on any atom is -0.302 e. The zero-order valence-electron chi connectivity index (χ0n) is 6.68. The summed E-state index contributed by atoms with van der Waals surface area (Å²) in [5, 5.41) is 0.0397. The summed E-state index contributed by atoms with van der Waals surface area (Å²) in [5.41, 5.74) is 0.605. The Bertz CT molecular complexity index is 376. The first-order chi connectivity index (χ1) is 6.24. The fraction of sp³-hybridized carbons (Fsp3) is 0.100. The molecule has 0 aliphatic carbocycles. The van der Waals surface area contributed by atoms with Crippen molar-refractivity contribution in [2.24, 2.45) is 0 Å². The third kappa shape index (κ3) is 2.89. The van der Waals surface area contributed by atoms with Crippen molar-refractivity contribution in [1.29, 1.82) is 0 Å². The topological polar surface area (TPSA) is 17.1 Å². The predicted molar refractivity (Wildman–Crippen MR) is 49.0 cm³/mol. The van der Waals surface area contributed by atoms with Crippen molar-refractivity contribution in [2.45, 2.75) is 6.42 Å². The van der Waals surface area contributed by atoms with Gasteiger partial charge in [-0.05, 0) is 18.2 Å². The third-order valence-corrected chi connectivity index (χ3v) is 1.63. The van der Waals surface area contributed by atoms with Crippen LogP contribution in [0.1, 0.15) is 12.0 Å². The van der Waals surface area contributed by atoms with Gasteiger partial charge in [0.1, 0.15) is 12.1 Å². The molecule has 0 saturated carbocycles. The lowest BCUT2D eigenvalue weighted by molar-refractivity contribution is -0.107. The third-order valence-electron chi connectivity index (χ3n) is 1.34. The Balaban J connectivity index is 2.87. The second kappa shape index (κ2) is 4.64. The summed E-state index contributed by atoms with van der Waals surface area (Å²) < 4.78 is 12.7. The molecular weight excluding hydrogens is 191 g/mol. The molecule has 1 aromatic rings. The van der Waals surface area contributed by atoms with Crippen LogP contribution in [0.5, 0.6) is 0 Å². The Morgan fingerprint density at radius 1 is 1.54 bits per heavy atom. The van der Waals surface area contributed by atoms with Gasteiger partial charge in [-0.1, -0.05) is 23.4 Å². The molecule has 0 aromatic heterocycles. The summed E-state index contributed by atoms with van der Waals surface area (Å²) in [7, 11) is 0. The van der Waals surface area contributed by atoms with Crippen LogP contribution >= 0.6 is 11.6 Å². The number of aldehydes is 1. The lowest BCUT2D eigenvalue weighted by Gasteiger charge is -1.93. The fourth-order valence-electron chi connectivity index (χ4n) is 0.769. The highest BCUT2D eigenvalue weighted by molar-refractivity contribution is 6.30. The van der Waals surface area contributed by atoms with Gasteiger partial charge in [0, 0.05) is 5.56 Å². The van der Waals surface area contributed by atoms with Crippen molar-refractivity contribution in [1.82, 2.24) is 0 Å². The average Bonchev–Trinajstić information content (AvgIpc) is 2.12. The van der Waals surface area contributed by atoms with E-state index in [1.165, 1.54) is 18.2 Å². The molecular formula is C10H6ClFO. The number of carbonyl (C=O) groups excluding carboxylic acids is 1. The zero-order valence-corrected chi connectivity index (χ0v) is 7.44. The van der Waals surface area contributed by atoms with Gasteiger partial charge in [-0.3, -0.25) is 0 Å². The number of rotatable bonds is 1. The van der Waals surface area contributed by atoms with Gasteiger partial charge < -0.3 is 4.79 Å². The maximum Gasteiger partial charge on any atom is 0.141 e. The van der Waals surface area contributed by atoms with Crippen LogP contribution in [0, 0.1) is 17.7 Å². The Morgan fingerprint density at radius 2 is 2.31 bits per heavy atom. The van der Waals surface area contributed by atoms with Gasteiger partial charge in [-0.25, -0.2) is 4.39 Å². The highest BCUT2D eigenvalue weighted by Crippen LogP contribution is 2.15. The predicted octanol–water partition coefficient (Wildman–Crippen LogP) is 2.42. The van der Waals surface area contributed by atoms with E-state index in [-0.39, 0.29) is 11.4 Å². The minimum atomic E-state index is -0.470. The Labute approximate surface area is 80.5 Å². The smallest absolute Gasteiger partial charge is 0.141 e. The molecule has 1 aromatic carbocycles. The SMILES string of the molecule is O=CCC#Cc1ccc(F)c(Cl)c1. The van der Waals surface area contributed by atoms with Crippen LogP contribution in [0.4, 0.5) is 4.39 Å². The molecule has 1 nitrogen and oxygen atoms in total. The summed E-state index contributed by atoms with van der Waals surface area (Å²) in [6.45, 7) is 0. The maximum atomic E-state index is 12.7. The van der Waals surface area contributed by atoms with Crippen LogP contribution < -0.4 is 0 Å². The van der Waals surface area contributed by atoms with Crippen molar-refractivity contribution < 1.29 is 9.18 Å². The first-order valence-electron chi connectivity index (χ1n) is 3.61. The normalized spacial score (nSPS) is 8.77. The van der Waals surface area contributed by atoms with E-state index >= 15 is 0 Å². The van der Waals surface area contributed by atoms with E-state index in [0.717, 1.165) is 0 Å². The van der Waals surface area contributed by atoms with Crippen LogP contribution in [-0.4, -0.2) is 6.29 Å². The van der Waals surface area contributed by atoms with Gasteiger partial charge in [-0.15, -0.1) is 0 Å². The average molecular weight is 197 g/mol. The van der Waals surface area contributed by atoms with E-state index in [1.54, 1.807) is 0 Å². The Morgan fingerprint density at radius 3 is 2.92 bits per heavy atom. The summed E-state index contributed by atoms with van der Waals surface area (Å²) in [4.78, 5) is 9.93. The van der Waals surface area contributed by atoms with Crippen molar-refractivity contribution in [3.63, 3.8) is 0 Å². The summed E-state index contributed by atoms with van der Waals surface area (Å²) in [5.74, 6) is 4.81. The minimum absolute atomic E-state index is 0.0397. The summed E-state index contributed by atoms with van der Waals surface area (Å²) in [6, 6.07) is 4.18. The van der Waals surface area contributed by atoms with E-state index in [4.69, 9.17) is 11.6 Å². The molecule has 0 unspecified atom stereocenters. The Kier molecular flexibility index (Phi) is 3.48. The quantitative estimate of drug-likeness (QED) is 0.498. The molecule has 66 valence electrons. The molecule has 3 heteroatoms. The van der Waals surface area contributed by atoms with Gasteiger partial charge in [0.05, 0.1) is 11.4 Å². The number of halogens is 2. The lowest BCUT2D eigenvalue weighted by atomic mass is 10.2. The van der Waals surface area contributed by atoms with E-state index in [1.807, 2.05) is 0 Å². The molecule has 0 spiro atoms. The molecule has 0 amide bonds. The van der Waals surface area contributed by atoms with E-state index < -0.39 is 5.82 Å². The number of hydrogen-bond acceptors (Lipinski definition) is 1. The monoisotopic (exact) mass is 196 g/mol. The van der Waals surface area contributed by atoms with Gasteiger partial charge in [0.25, 0.3) is 0 Å². The van der Waals surface area contributed by atoms with Gasteiger partial charge in [-0.2, -0.15) is 0 Å². The van der Waals surface area contributed by atoms with E-state index in [9.17, 15) is 9.18 Å². The molecule has 13 heavy (non-hydrogen) atoms. The number of hydrogen-bond donors (Lipinski definition) is 0. The summed E-state index contributed by atoms with van der Waals surface area (Å²) in [6.07, 6.45) is 0.882. The highest BCUT2D eigenvalue weighted by atomic mass is 35.5. The van der Waals surface area contributed by atoms with E-state index in [2.05, 4.69) is 11.8 Å². The molecule has 1 rings (SSSR count). The largest absolute Gasteiger partial charge is 0.302 e. The van der Waals surface area contributed by atoms with Crippen molar-refractivity contribution in [3.8, 4) is 11.8 Å². The standard InChI is InChI=1S/C10H6ClFO/c11-9-7-8(3-1-2-6-13)4-5-10(9)12/h4-7H,2H2. The maximum absolute atomic E-state index is 12.7. The number of carbonyl (C=O) groups is 1. The molecule has 0 atom stereocenters. The zero-order chi connectivity index (χ0) is 9.68. The van der Waals surface area contributed by atoms with Crippen LogP contribution in [-0.2, 0) is 4.79 Å². The first kappa shape index (κ1) is 9.76. The molecule has 0 fully saturated rings. The number of benzene rings is 1. The van der Waals surface area contributed by atoms with Crippen molar-refractivity contribution in [3.05, 3.63) is 34.6 Å². The van der Waals surface area contributed by atoms with Gasteiger partial charge in [0.15, 0.2) is 0 Å². The van der Waals surface area contributed by atoms with Crippen LogP contribution in [0.25, 0.3) is 0 Å². The van der Waals surface area contributed by atoms with Gasteiger partial charge in [0.2, 0.25) is 0 Å². The van der Waals surface area contributed by atoms with E-state index in [0.29, 0.717) is 11.8 Å². The highest BCUT2D eigenvalue weighted by Gasteiger charge is 1.97. The Hall–Kier alpha value is -1.33. The van der Waals surface area contributed by atoms with Crippen LogP contribution in [0.2, 0.25) is 5.02 Å². The second-order valence-corrected chi connectivity index (χ2v) is 2.71. The molecule has 0 radical (unpaired) electrons. The second-order valence-electron chi connectivity index (χ2n) is 2.30. The summed E-state index contributed by atoms with van der Waals surface area (Å²) >= 11 is 5.51.